The standard InChI is InChI=1S/C14H19ClO2/c1-9-11(6-7-13(9)15)12-5-4-10(16-2)8-14(12)17-3/h4-5,8-9,11,13H,6-7H2,1-3H3. The van der Waals surface area contributed by atoms with E-state index in [-0.39, 0.29) is 5.38 Å². The maximum atomic E-state index is 6.30. The molecule has 3 heteroatoms. The van der Waals surface area contributed by atoms with Gasteiger partial charge in [0.2, 0.25) is 0 Å². The number of alkyl halides is 1. The van der Waals surface area contributed by atoms with Gasteiger partial charge in [0.25, 0.3) is 0 Å². The molecular formula is C14H19ClO2. The normalized spacial score (nSPS) is 28.1. The van der Waals surface area contributed by atoms with Crippen LogP contribution >= 0.6 is 11.6 Å². The molecule has 1 fully saturated rings. The molecule has 0 aliphatic heterocycles. The Kier molecular flexibility index (Phi) is 3.82. The van der Waals surface area contributed by atoms with Crippen LogP contribution in [0.1, 0.15) is 31.2 Å². The van der Waals surface area contributed by atoms with Crippen LogP contribution in [0, 0.1) is 5.92 Å². The molecule has 3 atom stereocenters. The summed E-state index contributed by atoms with van der Waals surface area (Å²) in [5.41, 5.74) is 1.25. The van der Waals surface area contributed by atoms with E-state index < -0.39 is 0 Å². The molecule has 1 aromatic rings. The quantitative estimate of drug-likeness (QED) is 0.764. The summed E-state index contributed by atoms with van der Waals surface area (Å²) in [6.45, 7) is 2.22. The first-order valence-electron chi connectivity index (χ1n) is 6.03. The molecule has 2 nitrogen and oxygen atoms in total. The highest BCUT2D eigenvalue weighted by Crippen LogP contribution is 2.45. The second-order valence-corrected chi connectivity index (χ2v) is 5.23. The average Bonchev–Trinajstić information content (AvgIpc) is 2.69. The van der Waals surface area contributed by atoms with E-state index in [0.29, 0.717) is 11.8 Å². The molecule has 0 N–H and O–H groups in total. The van der Waals surface area contributed by atoms with Crippen molar-refractivity contribution in [2.45, 2.75) is 31.1 Å². The summed E-state index contributed by atoms with van der Waals surface area (Å²) in [6, 6.07) is 6.05. The van der Waals surface area contributed by atoms with Gasteiger partial charge in [0, 0.05) is 11.4 Å². The van der Waals surface area contributed by atoms with Gasteiger partial charge in [-0.1, -0.05) is 13.0 Å². The van der Waals surface area contributed by atoms with Crippen molar-refractivity contribution >= 4 is 11.6 Å². The summed E-state index contributed by atoms with van der Waals surface area (Å²) in [7, 11) is 3.37. The Morgan fingerprint density at radius 3 is 2.47 bits per heavy atom. The third-order valence-corrected chi connectivity index (χ3v) is 4.41. The van der Waals surface area contributed by atoms with Gasteiger partial charge in [-0.15, -0.1) is 11.6 Å². The molecule has 0 heterocycles. The first-order chi connectivity index (χ1) is 8.17. The fourth-order valence-electron chi connectivity index (χ4n) is 2.68. The molecule has 0 bridgehead atoms. The monoisotopic (exact) mass is 254 g/mol. The highest BCUT2D eigenvalue weighted by Gasteiger charge is 2.33. The molecule has 1 saturated carbocycles. The molecule has 17 heavy (non-hydrogen) atoms. The molecule has 2 rings (SSSR count). The maximum Gasteiger partial charge on any atom is 0.126 e. The van der Waals surface area contributed by atoms with Gasteiger partial charge in [0.05, 0.1) is 14.2 Å². The number of hydrogen-bond donors (Lipinski definition) is 0. The molecule has 0 radical (unpaired) electrons. The number of hydrogen-bond acceptors (Lipinski definition) is 2. The largest absolute Gasteiger partial charge is 0.497 e. The van der Waals surface area contributed by atoms with Crippen molar-refractivity contribution < 1.29 is 9.47 Å². The van der Waals surface area contributed by atoms with E-state index in [4.69, 9.17) is 21.1 Å². The van der Waals surface area contributed by atoms with Crippen LogP contribution in [0.25, 0.3) is 0 Å². The topological polar surface area (TPSA) is 18.5 Å². The average molecular weight is 255 g/mol. The molecule has 0 amide bonds. The van der Waals surface area contributed by atoms with Crippen molar-refractivity contribution in [3.8, 4) is 11.5 Å². The second kappa shape index (κ2) is 5.18. The van der Waals surface area contributed by atoms with Crippen molar-refractivity contribution in [2.24, 2.45) is 5.92 Å². The van der Waals surface area contributed by atoms with Crippen LogP contribution in [0.15, 0.2) is 18.2 Å². The lowest BCUT2D eigenvalue weighted by Gasteiger charge is -2.20. The summed E-state index contributed by atoms with van der Waals surface area (Å²) in [5.74, 6) is 2.74. The highest BCUT2D eigenvalue weighted by atomic mass is 35.5. The Labute approximate surface area is 108 Å². The predicted molar refractivity (Wildman–Crippen MR) is 70.3 cm³/mol. The Morgan fingerprint density at radius 2 is 1.94 bits per heavy atom. The van der Waals surface area contributed by atoms with Gasteiger partial charge in [-0.3, -0.25) is 0 Å². The summed E-state index contributed by atoms with van der Waals surface area (Å²) >= 11 is 6.30. The van der Waals surface area contributed by atoms with Crippen LogP contribution in [0.2, 0.25) is 0 Å². The van der Waals surface area contributed by atoms with Crippen molar-refractivity contribution in [1.29, 1.82) is 0 Å². The van der Waals surface area contributed by atoms with Crippen molar-refractivity contribution in [1.82, 2.24) is 0 Å². The minimum absolute atomic E-state index is 0.284. The van der Waals surface area contributed by atoms with E-state index in [1.807, 2.05) is 12.1 Å². The fraction of sp³-hybridized carbons (Fsp3) is 0.571. The van der Waals surface area contributed by atoms with E-state index in [1.54, 1.807) is 14.2 Å². The van der Waals surface area contributed by atoms with Crippen LogP contribution < -0.4 is 9.47 Å². The highest BCUT2D eigenvalue weighted by molar-refractivity contribution is 6.21. The number of benzene rings is 1. The second-order valence-electron chi connectivity index (χ2n) is 4.67. The molecule has 1 aromatic carbocycles. The van der Waals surface area contributed by atoms with E-state index in [2.05, 4.69) is 13.0 Å². The zero-order valence-electron chi connectivity index (χ0n) is 10.6. The van der Waals surface area contributed by atoms with Gasteiger partial charge in [0.15, 0.2) is 0 Å². The molecule has 1 aliphatic carbocycles. The number of rotatable bonds is 3. The third kappa shape index (κ3) is 2.37. The number of ether oxygens (including phenoxy) is 2. The SMILES string of the molecule is COc1ccc(C2CCC(Cl)C2C)c(OC)c1. The third-order valence-electron chi connectivity index (χ3n) is 3.80. The first kappa shape index (κ1) is 12.6. The van der Waals surface area contributed by atoms with Crippen LogP contribution in [0.5, 0.6) is 11.5 Å². The Balaban J connectivity index is 2.32. The van der Waals surface area contributed by atoms with Crippen molar-refractivity contribution in [3.63, 3.8) is 0 Å². The van der Waals surface area contributed by atoms with Crippen molar-refractivity contribution in [3.05, 3.63) is 23.8 Å². The summed E-state index contributed by atoms with van der Waals surface area (Å²) in [5, 5.41) is 0.284. The van der Waals surface area contributed by atoms with Crippen LogP contribution in [0.3, 0.4) is 0 Å². The molecule has 0 saturated heterocycles. The van der Waals surface area contributed by atoms with Gasteiger partial charge >= 0.3 is 0 Å². The Bertz CT molecular complexity index is 392. The van der Waals surface area contributed by atoms with Gasteiger partial charge in [-0.05, 0) is 36.3 Å². The van der Waals surface area contributed by atoms with Gasteiger partial charge in [0.1, 0.15) is 11.5 Å². The maximum absolute atomic E-state index is 6.30. The van der Waals surface area contributed by atoms with E-state index in [0.717, 1.165) is 24.3 Å². The molecule has 3 unspecified atom stereocenters. The summed E-state index contributed by atoms with van der Waals surface area (Å²) in [4.78, 5) is 0. The molecular weight excluding hydrogens is 236 g/mol. The number of methoxy groups -OCH3 is 2. The van der Waals surface area contributed by atoms with E-state index >= 15 is 0 Å². The van der Waals surface area contributed by atoms with Gasteiger partial charge in [-0.25, -0.2) is 0 Å². The summed E-state index contributed by atoms with van der Waals surface area (Å²) in [6.07, 6.45) is 2.22. The number of halogens is 1. The van der Waals surface area contributed by atoms with E-state index in [1.165, 1.54) is 5.56 Å². The van der Waals surface area contributed by atoms with Crippen molar-refractivity contribution in [2.75, 3.05) is 14.2 Å². The minimum Gasteiger partial charge on any atom is -0.497 e. The lowest BCUT2D eigenvalue weighted by molar-refractivity contribution is 0.384. The fourth-order valence-corrected chi connectivity index (χ4v) is 2.98. The van der Waals surface area contributed by atoms with Crippen LogP contribution in [0.4, 0.5) is 0 Å². The lowest BCUT2D eigenvalue weighted by Crippen LogP contribution is -2.10. The van der Waals surface area contributed by atoms with Crippen LogP contribution in [-0.4, -0.2) is 19.6 Å². The molecule has 1 aliphatic rings. The van der Waals surface area contributed by atoms with Crippen LogP contribution in [-0.2, 0) is 0 Å². The lowest BCUT2D eigenvalue weighted by atomic mass is 9.89. The molecule has 94 valence electrons. The van der Waals surface area contributed by atoms with Gasteiger partial charge in [-0.2, -0.15) is 0 Å². The van der Waals surface area contributed by atoms with Gasteiger partial charge < -0.3 is 9.47 Å². The predicted octanol–water partition coefficient (Wildman–Crippen LogP) is 3.82. The Morgan fingerprint density at radius 1 is 1.18 bits per heavy atom. The zero-order chi connectivity index (χ0) is 12.4. The van der Waals surface area contributed by atoms with E-state index in [9.17, 15) is 0 Å². The molecule has 0 spiro atoms. The minimum atomic E-state index is 0.284. The first-order valence-corrected chi connectivity index (χ1v) is 6.47. The zero-order valence-corrected chi connectivity index (χ0v) is 11.3. The summed E-state index contributed by atoms with van der Waals surface area (Å²) < 4.78 is 10.7. The smallest absolute Gasteiger partial charge is 0.126 e. The molecule has 0 aromatic heterocycles. The Hall–Kier alpha value is -0.890.